The predicted octanol–water partition coefficient (Wildman–Crippen LogP) is 3.26. The lowest BCUT2D eigenvalue weighted by molar-refractivity contribution is -0.144. The summed E-state index contributed by atoms with van der Waals surface area (Å²) < 4.78 is 6.00. The zero-order valence-electron chi connectivity index (χ0n) is 16.0. The molecule has 1 N–H and O–H groups in total. The Morgan fingerprint density at radius 2 is 1.72 bits per heavy atom. The van der Waals surface area contributed by atoms with Crippen LogP contribution in [0.1, 0.15) is 28.8 Å². The topological polar surface area (TPSA) is 70.1 Å². The van der Waals surface area contributed by atoms with Crippen molar-refractivity contribution in [3.05, 3.63) is 70.7 Å². The molecule has 1 atom stereocenters. The highest BCUT2D eigenvalue weighted by molar-refractivity contribution is 6.33. The molecule has 2 saturated heterocycles. The molecule has 0 bridgehead atoms. The average molecular weight is 415 g/mol. The van der Waals surface area contributed by atoms with Gasteiger partial charge in [0.1, 0.15) is 5.72 Å². The van der Waals surface area contributed by atoms with E-state index in [9.17, 15) is 14.7 Å². The van der Waals surface area contributed by atoms with E-state index in [1.165, 1.54) is 10.5 Å². The summed E-state index contributed by atoms with van der Waals surface area (Å²) in [6.07, 6.45) is 1.11. The molecular formula is C22H23ClN2O4. The fourth-order valence-corrected chi connectivity index (χ4v) is 4.44. The second kappa shape index (κ2) is 8.14. The standard InChI is InChI=1S/C22H23ClN2O4/c23-18-9-5-4-8-17(18)20(26)25-19(21(27)28)15-29-22(25)10-12-24(13-11-22)14-16-6-2-1-3-7-16/h1-9,19H,10-15H2,(H,27,28)/t19-/m1/s1. The average Bonchev–Trinajstić information content (AvgIpc) is 3.10. The number of nitrogens with zero attached hydrogens (tertiary/aromatic N) is 2. The number of aliphatic carboxylic acids is 1. The van der Waals surface area contributed by atoms with Crippen molar-refractivity contribution in [2.75, 3.05) is 19.7 Å². The first-order chi connectivity index (χ1) is 14.0. The molecule has 4 rings (SSSR count). The van der Waals surface area contributed by atoms with E-state index in [0.717, 1.165) is 6.54 Å². The Balaban J connectivity index is 1.55. The lowest BCUT2D eigenvalue weighted by Gasteiger charge is -2.44. The third-order valence-electron chi connectivity index (χ3n) is 5.76. The normalized spacial score (nSPS) is 21.4. The second-order valence-corrected chi connectivity index (χ2v) is 7.94. The Bertz CT molecular complexity index is 897. The highest BCUT2D eigenvalue weighted by Gasteiger charge is 2.54. The van der Waals surface area contributed by atoms with Crippen LogP contribution in [0.2, 0.25) is 5.02 Å². The Morgan fingerprint density at radius 3 is 2.38 bits per heavy atom. The molecule has 2 heterocycles. The van der Waals surface area contributed by atoms with Crippen molar-refractivity contribution in [1.29, 1.82) is 0 Å². The van der Waals surface area contributed by atoms with Crippen molar-refractivity contribution in [2.45, 2.75) is 31.2 Å². The van der Waals surface area contributed by atoms with Gasteiger partial charge in [0.25, 0.3) is 5.91 Å². The molecule has 2 aromatic rings. The number of ether oxygens (including phenoxy) is 1. The van der Waals surface area contributed by atoms with Crippen LogP contribution >= 0.6 is 11.6 Å². The van der Waals surface area contributed by atoms with Crippen molar-refractivity contribution < 1.29 is 19.4 Å². The number of hydrogen-bond acceptors (Lipinski definition) is 4. The largest absolute Gasteiger partial charge is 0.480 e. The van der Waals surface area contributed by atoms with Gasteiger partial charge >= 0.3 is 5.97 Å². The van der Waals surface area contributed by atoms with Gasteiger partial charge in [-0.05, 0) is 17.7 Å². The fraction of sp³-hybridized carbons (Fsp3) is 0.364. The summed E-state index contributed by atoms with van der Waals surface area (Å²) in [5.74, 6) is -1.45. The lowest BCUT2D eigenvalue weighted by Crippen LogP contribution is -2.58. The Kier molecular flexibility index (Phi) is 5.58. The third kappa shape index (κ3) is 3.88. The van der Waals surface area contributed by atoms with Crippen LogP contribution in [0.15, 0.2) is 54.6 Å². The first kappa shape index (κ1) is 19.9. The molecule has 0 radical (unpaired) electrons. The maximum atomic E-state index is 13.3. The zero-order valence-corrected chi connectivity index (χ0v) is 16.7. The molecule has 152 valence electrons. The van der Waals surface area contributed by atoms with Gasteiger partial charge in [0, 0.05) is 32.5 Å². The van der Waals surface area contributed by atoms with Crippen molar-refractivity contribution in [1.82, 2.24) is 9.80 Å². The van der Waals surface area contributed by atoms with E-state index in [2.05, 4.69) is 17.0 Å². The second-order valence-electron chi connectivity index (χ2n) is 7.53. The van der Waals surface area contributed by atoms with Gasteiger partial charge in [-0.15, -0.1) is 0 Å². The summed E-state index contributed by atoms with van der Waals surface area (Å²) in [5, 5.41) is 10.0. The lowest BCUT2D eigenvalue weighted by atomic mass is 9.96. The third-order valence-corrected chi connectivity index (χ3v) is 6.08. The summed E-state index contributed by atoms with van der Waals surface area (Å²) in [6, 6.07) is 15.9. The number of piperidine rings is 1. The van der Waals surface area contributed by atoms with Gasteiger partial charge in [0.05, 0.1) is 17.2 Å². The fourth-order valence-electron chi connectivity index (χ4n) is 4.22. The van der Waals surface area contributed by atoms with Crippen molar-refractivity contribution >= 4 is 23.5 Å². The molecule has 2 aromatic carbocycles. The minimum Gasteiger partial charge on any atom is -0.480 e. The van der Waals surface area contributed by atoms with Gasteiger partial charge in [-0.2, -0.15) is 0 Å². The van der Waals surface area contributed by atoms with Crippen molar-refractivity contribution in [3.8, 4) is 0 Å². The highest BCUT2D eigenvalue weighted by atomic mass is 35.5. The minimum absolute atomic E-state index is 0.00971. The first-order valence-electron chi connectivity index (χ1n) is 9.71. The molecule has 0 aromatic heterocycles. The van der Waals surface area contributed by atoms with Crippen LogP contribution in [0.5, 0.6) is 0 Å². The number of carbonyl (C=O) groups is 2. The van der Waals surface area contributed by atoms with Crippen LogP contribution in [0.25, 0.3) is 0 Å². The molecule has 0 saturated carbocycles. The van der Waals surface area contributed by atoms with Crippen LogP contribution in [0, 0.1) is 0 Å². The SMILES string of the molecule is O=C(O)[C@H]1COC2(CCN(Cc3ccccc3)CC2)N1C(=O)c1ccccc1Cl. The molecule has 2 aliphatic rings. The molecule has 1 amide bonds. The number of carboxylic acid groups (broad SMARTS) is 1. The van der Waals surface area contributed by atoms with Gasteiger partial charge in [0.2, 0.25) is 0 Å². The van der Waals surface area contributed by atoms with Crippen LogP contribution < -0.4 is 0 Å². The predicted molar refractivity (Wildman–Crippen MR) is 109 cm³/mol. The smallest absolute Gasteiger partial charge is 0.328 e. The summed E-state index contributed by atoms with van der Waals surface area (Å²) in [6.45, 7) is 2.24. The van der Waals surface area contributed by atoms with Gasteiger partial charge < -0.3 is 9.84 Å². The molecule has 0 unspecified atom stereocenters. The number of likely N-dealkylation sites (tertiary alicyclic amines) is 1. The van der Waals surface area contributed by atoms with E-state index in [-0.39, 0.29) is 6.61 Å². The molecule has 2 aliphatic heterocycles. The molecule has 2 fully saturated rings. The van der Waals surface area contributed by atoms with Crippen LogP contribution in [-0.2, 0) is 16.1 Å². The highest BCUT2D eigenvalue weighted by Crippen LogP contribution is 2.39. The number of carbonyl (C=O) groups excluding carboxylic acids is 1. The summed E-state index contributed by atoms with van der Waals surface area (Å²) >= 11 is 6.22. The maximum Gasteiger partial charge on any atom is 0.328 e. The summed E-state index contributed by atoms with van der Waals surface area (Å²) in [5.41, 5.74) is 0.618. The zero-order chi connectivity index (χ0) is 20.4. The summed E-state index contributed by atoms with van der Waals surface area (Å²) in [4.78, 5) is 28.9. The number of amides is 1. The number of benzene rings is 2. The van der Waals surface area contributed by atoms with Crippen LogP contribution in [0.4, 0.5) is 0 Å². The Hall–Kier alpha value is -2.41. The Labute approximate surface area is 174 Å². The van der Waals surface area contributed by atoms with E-state index >= 15 is 0 Å². The molecule has 0 aliphatic carbocycles. The molecular weight excluding hydrogens is 392 g/mol. The molecule has 1 spiro atoms. The van der Waals surface area contributed by atoms with E-state index in [0.29, 0.717) is 36.5 Å². The van der Waals surface area contributed by atoms with Gasteiger partial charge in [-0.3, -0.25) is 14.6 Å². The van der Waals surface area contributed by atoms with Gasteiger partial charge in [-0.25, -0.2) is 4.79 Å². The van der Waals surface area contributed by atoms with Crippen molar-refractivity contribution in [2.24, 2.45) is 0 Å². The molecule has 29 heavy (non-hydrogen) atoms. The van der Waals surface area contributed by atoms with Gasteiger partial charge in [0.15, 0.2) is 6.04 Å². The number of carboxylic acids is 1. The number of halogens is 1. The minimum atomic E-state index is -1.06. The van der Waals surface area contributed by atoms with Crippen molar-refractivity contribution in [3.63, 3.8) is 0 Å². The van der Waals surface area contributed by atoms with E-state index < -0.39 is 23.6 Å². The molecule has 6 nitrogen and oxygen atoms in total. The molecule has 7 heteroatoms. The summed E-state index contributed by atoms with van der Waals surface area (Å²) in [7, 11) is 0. The van der Waals surface area contributed by atoms with Crippen LogP contribution in [-0.4, -0.2) is 58.2 Å². The Morgan fingerprint density at radius 1 is 1.07 bits per heavy atom. The monoisotopic (exact) mass is 414 g/mol. The number of rotatable bonds is 4. The quantitative estimate of drug-likeness (QED) is 0.831. The van der Waals surface area contributed by atoms with E-state index in [4.69, 9.17) is 16.3 Å². The van der Waals surface area contributed by atoms with Gasteiger partial charge in [-0.1, -0.05) is 54.1 Å². The van der Waals surface area contributed by atoms with E-state index in [1.807, 2.05) is 18.2 Å². The van der Waals surface area contributed by atoms with Crippen LogP contribution in [0.3, 0.4) is 0 Å². The maximum absolute atomic E-state index is 13.3. The van der Waals surface area contributed by atoms with E-state index in [1.54, 1.807) is 24.3 Å². The first-order valence-corrected chi connectivity index (χ1v) is 10.1. The number of hydrogen-bond donors (Lipinski definition) is 1.